The predicted molar refractivity (Wildman–Crippen MR) is 147 cm³/mol. The Labute approximate surface area is 225 Å². The van der Waals surface area contributed by atoms with Gasteiger partial charge in [-0.15, -0.1) is 12.4 Å². The van der Waals surface area contributed by atoms with Crippen molar-refractivity contribution in [2.24, 2.45) is 0 Å². The zero-order valence-electron chi connectivity index (χ0n) is 21.3. The lowest BCUT2D eigenvalue weighted by Crippen LogP contribution is -2.48. The number of hydrogen-bond acceptors (Lipinski definition) is 5. The summed E-state index contributed by atoms with van der Waals surface area (Å²) in [7, 11) is 1.81. The molecule has 1 unspecified atom stereocenters. The Bertz CT molecular complexity index is 1120. The van der Waals surface area contributed by atoms with Crippen molar-refractivity contribution in [1.82, 2.24) is 15.1 Å². The molecule has 7 nitrogen and oxygen atoms in total. The molecule has 1 aliphatic carbocycles. The molecule has 2 aromatic carbocycles. The van der Waals surface area contributed by atoms with Crippen LogP contribution in [0, 0.1) is 18.3 Å². The van der Waals surface area contributed by atoms with Crippen molar-refractivity contribution in [3.63, 3.8) is 0 Å². The molecule has 2 aromatic rings. The molecule has 0 saturated carbocycles. The number of nitrogens with zero attached hydrogens (tertiary/aromatic N) is 3. The number of rotatable bonds is 10. The molecule has 2 amide bonds. The zero-order chi connectivity index (χ0) is 25.5. The molecule has 0 aromatic heterocycles. The number of nitrogens with one attached hydrogen (secondary N) is 2. The Morgan fingerprint density at radius 3 is 2.56 bits per heavy atom. The van der Waals surface area contributed by atoms with Crippen molar-refractivity contribution in [3.05, 3.63) is 63.7 Å². The highest BCUT2D eigenvalue weighted by Gasteiger charge is 2.29. The van der Waals surface area contributed by atoms with Crippen LogP contribution in [0.5, 0.6) is 0 Å². The first-order chi connectivity index (χ1) is 16.7. The van der Waals surface area contributed by atoms with E-state index >= 15 is 0 Å². The zero-order valence-corrected chi connectivity index (χ0v) is 22.9. The van der Waals surface area contributed by atoms with Crippen molar-refractivity contribution in [1.29, 1.82) is 5.26 Å². The van der Waals surface area contributed by atoms with E-state index < -0.39 is 0 Å². The van der Waals surface area contributed by atoms with Gasteiger partial charge in [0.25, 0.3) is 0 Å². The highest BCUT2D eigenvalue weighted by Crippen LogP contribution is 2.27. The van der Waals surface area contributed by atoms with Gasteiger partial charge in [0.2, 0.25) is 11.8 Å². The molecular weight excluding hydrogens is 497 g/mol. The number of halogens is 2. The number of aryl methyl sites for hydroxylation is 1. The van der Waals surface area contributed by atoms with Crippen LogP contribution in [0.2, 0.25) is 5.02 Å². The van der Waals surface area contributed by atoms with Crippen molar-refractivity contribution in [2.45, 2.75) is 45.7 Å². The Kier molecular flexibility index (Phi) is 11.0. The fraction of sp³-hybridized carbons (Fsp3) is 0.444. The Balaban J connectivity index is 0.00000456. The second kappa shape index (κ2) is 13.5. The molecule has 1 aliphatic rings. The minimum Gasteiger partial charge on any atom is -0.376 e. The molecule has 1 atom stereocenters. The molecule has 194 valence electrons. The molecule has 0 fully saturated rings. The molecule has 0 radical (unpaired) electrons. The molecule has 0 aliphatic heterocycles. The lowest BCUT2D eigenvalue weighted by atomic mass is 10.1. The number of nitriles is 1. The van der Waals surface area contributed by atoms with E-state index in [-0.39, 0.29) is 49.4 Å². The summed E-state index contributed by atoms with van der Waals surface area (Å²) in [6.07, 6.45) is 1.55. The number of benzene rings is 2. The fourth-order valence-corrected chi connectivity index (χ4v) is 4.46. The van der Waals surface area contributed by atoms with E-state index in [1.54, 1.807) is 21.9 Å². The van der Waals surface area contributed by atoms with E-state index in [2.05, 4.69) is 16.7 Å². The number of likely N-dealkylation sites (N-methyl/N-ethyl adjacent to an activating group) is 1. The maximum absolute atomic E-state index is 13.2. The Morgan fingerprint density at radius 1 is 1.14 bits per heavy atom. The standard InChI is InChI=1S/C27H34ClN5O2.ClH/c1-18(2)30-9-10-33(26(34)16-31-25-11-20(15-29)6-5-19(25)3)17-27(35)32(4)24-13-21-7-8-23(28)12-22(21)14-24;/h5-8,11-12,18,24,30-31H,9-10,13-14,16-17H2,1-4H3;1H. The first-order valence-electron chi connectivity index (χ1n) is 12.0. The third-order valence-electron chi connectivity index (χ3n) is 6.43. The van der Waals surface area contributed by atoms with Crippen LogP contribution in [0.4, 0.5) is 5.69 Å². The molecule has 0 spiro atoms. The Morgan fingerprint density at radius 2 is 1.86 bits per heavy atom. The summed E-state index contributed by atoms with van der Waals surface area (Å²) in [5.74, 6) is -0.255. The van der Waals surface area contributed by atoms with Crippen LogP contribution < -0.4 is 10.6 Å². The molecule has 9 heteroatoms. The Hall–Kier alpha value is -2.79. The lowest BCUT2D eigenvalue weighted by Gasteiger charge is -2.29. The van der Waals surface area contributed by atoms with Crippen LogP contribution in [-0.4, -0.2) is 66.9 Å². The fourth-order valence-electron chi connectivity index (χ4n) is 4.26. The van der Waals surface area contributed by atoms with E-state index in [1.165, 1.54) is 11.1 Å². The van der Waals surface area contributed by atoms with Gasteiger partial charge in [0.05, 0.1) is 24.7 Å². The van der Waals surface area contributed by atoms with Crippen LogP contribution in [0.25, 0.3) is 0 Å². The first-order valence-corrected chi connectivity index (χ1v) is 12.3. The average Bonchev–Trinajstić information content (AvgIpc) is 3.25. The van der Waals surface area contributed by atoms with Crippen LogP contribution in [0.3, 0.4) is 0 Å². The normalized spacial score (nSPS) is 14.0. The maximum atomic E-state index is 13.2. The summed E-state index contributed by atoms with van der Waals surface area (Å²) in [4.78, 5) is 29.7. The van der Waals surface area contributed by atoms with E-state index in [4.69, 9.17) is 16.9 Å². The molecule has 0 heterocycles. The number of hydrogen-bond donors (Lipinski definition) is 2. The van der Waals surface area contributed by atoms with Crippen LogP contribution >= 0.6 is 24.0 Å². The summed E-state index contributed by atoms with van der Waals surface area (Å²) in [5, 5.41) is 16.3. The van der Waals surface area contributed by atoms with Crippen molar-refractivity contribution in [3.8, 4) is 6.07 Å². The van der Waals surface area contributed by atoms with E-state index in [0.29, 0.717) is 23.7 Å². The number of amides is 2. The summed E-state index contributed by atoms with van der Waals surface area (Å²) >= 11 is 6.14. The predicted octanol–water partition coefficient (Wildman–Crippen LogP) is 3.81. The summed E-state index contributed by atoms with van der Waals surface area (Å²) in [6.45, 7) is 7.09. The van der Waals surface area contributed by atoms with Gasteiger partial charge in [-0.25, -0.2) is 0 Å². The van der Waals surface area contributed by atoms with Gasteiger partial charge >= 0.3 is 0 Å². The molecule has 36 heavy (non-hydrogen) atoms. The van der Waals surface area contributed by atoms with Crippen molar-refractivity contribution >= 4 is 41.5 Å². The molecular formula is C27H35Cl2N5O2. The summed E-state index contributed by atoms with van der Waals surface area (Å²) in [6, 6.07) is 13.7. The smallest absolute Gasteiger partial charge is 0.242 e. The highest BCUT2D eigenvalue weighted by atomic mass is 35.5. The summed E-state index contributed by atoms with van der Waals surface area (Å²) in [5.41, 5.74) is 4.60. The molecule has 2 N–H and O–H groups in total. The van der Waals surface area contributed by atoms with Gasteiger partial charge in [-0.05, 0) is 60.7 Å². The quantitative estimate of drug-likeness (QED) is 0.486. The van der Waals surface area contributed by atoms with E-state index in [9.17, 15) is 9.59 Å². The van der Waals surface area contributed by atoms with Crippen molar-refractivity contribution in [2.75, 3.05) is 38.5 Å². The highest BCUT2D eigenvalue weighted by molar-refractivity contribution is 6.30. The van der Waals surface area contributed by atoms with Crippen LogP contribution in [0.1, 0.15) is 36.1 Å². The SMILES string of the molecule is Cc1ccc(C#N)cc1NCC(=O)N(CCNC(C)C)CC(=O)N(C)C1Cc2ccc(Cl)cc2C1.Cl. The van der Waals surface area contributed by atoms with Gasteiger partial charge in [-0.2, -0.15) is 5.26 Å². The van der Waals surface area contributed by atoms with E-state index in [0.717, 1.165) is 24.1 Å². The minimum atomic E-state index is -0.166. The van der Waals surface area contributed by atoms with Crippen LogP contribution in [-0.2, 0) is 22.4 Å². The van der Waals surface area contributed by atoms with Gasteiger partial charge in [-0.3, -0.25) is 9.59 Å². The van der Waals surface area contributed by atoms with Gasteiger partial charge in [0.15, 0.2) is 0 Å². The van der Waals surface area contributed by atoms with Gasteiger partial charge in [0, 0.05) is 42.9 Å². The first kappa shape index (κ1) is 29.4. The van der Waals surface area contributed by atoms with Gasteiger partial charge < -0.3 is 20.4 Å². The molecule has 3 rings (SSSR count). The average molecular weight is 533 g/mol. The van der Waals surface area contributed by atoms with E-state index in [1.807, 2.05) is 52.1 Å². The monoisotopic (exact) mass is 531 g/mol. The van der Waals surface area contributed by atoms with Crippen LogP contribution in [0.15, 0.2) is 36.4 Å². The minimum absolute atomic E-state index is 0. The van der Waals surface area contributed by atoms with Gasteiger partial charge in [-0.1, -0.05) is 37.6 Å². The number of anilines is 1. The maximum Gasteiger partial charge on any atom is 0.242 e. The number of carbonyl (C=O) groups excluding carboxylic acids is 2. The lowest BCUT2D eigenvalue weighted by molar-refractivity contribution is -0.140. The molecule has 0 saturated heterocycles. The largest absolute Gasteiger partial charge is 0.376 e. The number of carbonyl (C=O) groups is 2. The third-order valence-corrected chi connectivity index (χ3v) is 6.67. The van der Waals surface area contributed by atoms with Crippen molar-refractivity contribution < 1.29 is 9.59 Å². The number of fused-ring (bicyclic) bond motifs is 1. The van der Waals surface area contributed by atoms with Gasteiger partial charge in [0.1, 0.15) is 0 Å². The summed E-state index contributed by atoms with van der Waals surface area (Å²) < 4.78 is 0. The third kappa shape index (κ3) is 7.86. The topological polar surface area (TPSA) is 88.5 Å². The second-order valence-electron chi connectivity index (χ2n) is 9.40. The second-order valence-corrected chi connectivity index (χ2v) is 9.84. The molecule has 0 bridgehead atoms.